The zero-order chi connectivity index (χ0) is 7.11. The van der Waals surface area contributed by atoms with E-state index in [0.717, 1.165) is 0 Å². The molecular weight excluding hydrogens is 122 g/mol. The number of aliphatic hydroxyl groups excluding tert-OH is 1. The molecule has 50 valence electrons. The summed E-state index contributed by atoms with van der Waals surface area (Å²) in [5.41, 5.74) is 0. The molecule has 0 aliphatic heterocycles. The van der Waals surface area contributed by atoms with Gasteiger partial charge in [-0.3, -0.25) is 0 Å². The van der Waals surface area contributed by atoms with E-state index >= 15 is 0 Å². The summed E-state index contributed by atoms with van der Waals surface area (Å²) >= 11 is 0. The third-order valence-electron chi connectivity index (χ3n) is 0.559. The van der Waals surface area contributed by atoms with Crippen molar-refractivity contribution in [2.75, 3.05) is 6.54 Å². The Morgan fingerprint density at radius 1 is 1.56 bits per heavy atom. The highest BCUT2D eigenvalue weighted by atomic mass is 16.5. The first kappa shape index (κ1) is 8.08. The van der Waals surface area contributed by atoms with Crippen LogP contribution < -0.4 is 0 Å². The first-order valence-electron chi connectivity index (χ1n) is 2.41. The standard InChI is InChI=1S/C5H7NO3/c7-5(8)3-1-2-4-6-9/h5,7-8H,2,4H2. The number of hydrogen-bond donors (Lipinski definition) is 2. The number of hydrogen-bond acceptors (Lipinski definition) is 4. The molecule has 2 N–H and O–H groups in total. The predicted molar refractivity (Wildman–Crippen MR) is 31.3 cm³/mol. The van der Waals surface area contributed by atoms with Crippen molar-refractivity contribution in [3.8, 4) is 11.8 Å². The SMILES string of the molecule is O=NCCC#CC(O)O. The van der Waals surface area contributed by atoms with Crippen molar-refractivity contribution in [1.82, 2.24) is 0 Å². The first-order chi connectivity index (χ1) is 4.27. The van der Waals surface area contributed by atoms with E-state index in [1.165, 1.54) is 0 Å². The van der Waals surface area contributed by atoms with Gasteiger partial charge in [-0.15, -0.1) is 0 Å². The Kier molecular flexibility index (Phi) is 4.69. The van der Waals surface area contributed by atoms with E-state index in [0.29, 0.717) is 0 Å². The average molecular weight is 129 g/mol. The van der Waals surface area contributed by atoms with Gasteiger partial charge in [0, 0.05) is 6.42 Å². The second-order valence-electron chi connectivity index (χ2n) is 1.30. The van der Waals surface area contributed by atoms with E-state index in [2.05, 4.69) is 11.1 Å². The van der Waals surface area contributed by atoms with Gasteiger partial charge in [-0.25, -0.2) is 0 Å². The molecule has 0 aromatic carbocycles. The minimum Gasteiger partial charge on any atom is -0.358 e. The molecule has 4 heteroatoms. The number of nitrogens with zero attached hydrogens (tertiary/aromatic N) is 1. The highest BCUT2D eigenvalue weighted by Gasteiger charge is 1.83. The molecular formula is C5H7NO3. The maximum absolute atomic E-state index is 9.41. The van der Waals surface area contributed by atoms with Crippen molar-refractivity contribution in [2.24, 2.45) is 5.18 Å². The Labute approximate surface area is 52.5 Å². The molecule has 0 aromatic heterocycles. The zero-order valence-corrected chi connectivity index (χ0v) is 4.74. The molecule has 4 nitrogen and oxygen atoms in total. The van der Waals surface area contributed by atoms with E-state index in [9.17, 15) is 4.91 Å². The maximum atomic E-state index is 9.41. The van der Waals surface area contributed by atoms with Crippen molar-refractivity contribution in [1.29, 1.82) is 0 Å². The fourth-order valence-electron chi connectivity index (χ4n) is 0.265. The molecule has 0 unspecified atom stereocenters. The minimum absolute atomic E-state index is 0.0969. The normalized spacial score (nSPS) is 8.33. The lowest BCUT2D eigenvalue weighted by atomic mass is 10.4. The molecule has 0 amide bonds. The van der Waals surface area contributed by atoms with Gasteiger partial charge in [0.1, 0.15) is 0 Å². The van der Waals surface area contributed by atoms with Crippen LogP contribution >= 0.6 is 0 Å². The van der Waals surface area contributed by atoms with Gasteiger partial charge in [0.15, 0.2) is 0 Å². The van der Waals surface area contributed by atoms with Crippen molar-refractivity contribution >= 4 is 0 Å². The van der Waals surface area contributed by atoms with Crippen molar-refractivity contribution in [3.05, 3.63) is 4.91 Å². The molecule has 0 aromatic rings. The van der Waals surface area contributed by atoms with Gasteiger partial charge in [-0.05, 0) is 5.92 Å². The van der Waals surface area contributed by atoms with Crippen LogP contribution in [0.3, 0.4) is 0 Å². The molecule has 9 heavy (non-hydrogen) atoms. The van der Waals surface area contributed by atoms with Crippen LogP contribution in [0.1, 0.15) is 6.42 Å². The van der Waals surface area contributed by atoms with Crippen LogP contribution in [0, 0.1) is 16.7 Å². The second-order valence-corrected chi connectivity index (χ2v) is 1.30. The largest absolute Gasteiger partial charge is 0.358 e. The molecule has 0 aliphatic rings. The highest BCUT2D eigenvalue weighted by Crippen LogP contribution is 1.76. The first-order valence-corrected chi connectivity index (χ1v) is 2.41. The van der Waals surface area contributed by atoms with Gasteiger partial charge in [0.2, 0.25) is 6.29 Å². The fourth-order valence-corrected chi connectivity index (χ4v) is 0.265. The second kappa shape index (κ2) is 5.22. The molecule has 0 saturated heterocycles. The number of nitroso groups, excluding NO2 is 1. The third kappa shape index (κ3) is 7.08. The van der Waals surface area contributed by atoms with Crippen LogP contribution in [-0.2, 0) is 0 Å². The molecule has 0 saturated carbocycles. The summed E-state index contributed by atoms with van der Waals surface area (Å²) in [7, 11) is 0. The summed E-state index contributed by atoms with van der Waals surface area (Å²) < 4.78 is 0. The summed E-state index contributed by atoms with van der Waals surface area (Å²) in [5, 5.41) is 18.8. The summed E-state index contributed by atoms with van der Waals surface area (Å²) in [5.74, 6) is 4.38. The van der Waals surface area contributed by atoms with E-state index in [-0.39, 0.29) is 13.0 Å². The molecule has 0 atom stereocenters. The van der Waals surface area contributed by atoms with Crippen LogP contribution in [-0.4, -0.2) is 23.0 Å². The zero-order valence-electron chi connectivity index (χ0n) is 4.74. The molecule has 0 aliphatic carbocycles. The quantitative estimate of drug-likeness (QED) is 0.227. The Morgan fingerprint density at radius 3 is 2.67 bits per heavy atom. The van der Waals surface area contributed by atoms with E-state index in [1.807, 2.05) is 5.92 Å². The van der Waals surface area contributed by atoms with Gasteiger partial charge < -0.3 is 10.2 Å². The molecule has 0 bridgehead atoms. The molecule has 0 fully saturated rings. The highest BCUT2D eigenvalue weighted by molar-refractivity contribution is 5.00. The maximum Gasteiger partial charge on any atom is 0.217 e. The summed E-state index contributed by atoms with van der Waals surface area (Å²) in [4.78, 5) is 9.41. The number of rotatable bonds is 2. The van der Waals surface area contributed by atoms with Crippen LogP contribution in [0.25, 0.3) is 0 Å². The lowest BCUT2D eigenvalue weighted by Gasteiger charge is -1.84. The van der Waals surface area contributed by atoms with E-state index < -0.39 is 6.29 Å². The lowest BCUT2D eigenvalue weighted by Crippen LogP contribution is -1.98. The van der Waals surface area contributed by atoms with Crippen LogP contribution in [0.15, 0.2) is 5.18 Å². The van der Waals surface area contributed by atoms with Gasteiger partial charge in [-0.1, -0.05) is 11.1 Å². The Hall–Kier alpha value is -0.920. The topological polar surface area (TPSA) is 69.9 Å². The van der Waals surface area contributed by atoms with Crippen molar-refractivity contribution in [2.45, 2.75) is 12.7 Å². The third-order valence-corrected chi connectivity index (χ3v) is 0.559. The molecule has 0 spiro atoms. The smallest absolute Gasteiger partial charge is 0.217 e. The van der Waals surface area contributed by atoms with Gasteiger partial charge >= 0.3 is 0 Å². The van der Waals surface area contributed by atoms with E-state index in [4.69, 9.17) is 10.2 Å². The van der Waals surface area contributed by atoms with Gasteiger partial charge in [-0.2, -0.15) is 4.91 Å². The van der Waals surface area contributed by atoms with Crippen LogP contribution in [0.2, 0.25) is 0 Å². The Balaban J connectivity index is 3.26. The Bertz CT molecular complexity index is 133. The molecule has 0 radical (unpaired) electrons. The molecule has 0 heterocycles. The van der Waals surface area contributed by atoms with Crippen molar-refractivity contribution < 1.29 is 10.2 Å². The molecule has 0 rings (SSSR count). The monoisotopic (exact) mass is 129 g/mol. The van der Waals surface area contributed by atoms with Crippen molar-refractivity contribution in [3.63, 3.8) is 0 Å². The van der Waals surface area contributed by atoms with Gasteiger partial charge in [0.05, 0.1) is 6.54 Å². The van der Waals surface area contributed by atoms with Crippen LogP contribution in [0.5, 0.6) is 0 Å². The Morgan fingerprint density at radius 2 is 2.22 bits per heavy atom. The average Bonchev–Trinajstić information content (AvgIpc) is 1.80. The van der Waals surface area contributed by atoms with E-state index in [1.54, 1.807) is 0 Å². The lowest BCUT2D eigenvalue weighted by molar-refractivity contribution is 0.0107. The van der Waals surface area contributed by atoms with Gasteiger partial charge in [0.25, 0.3) is 0 Å². The number of aliphatic hydroxyl groups is 2. The predicted octanol–water partition coefficient (Wildman–Crippen LogP) is -0.543. The van der Waals surface area contributed by atoms with Crippen LogP contribution in [0.4, 0.5) is 0 Å². The fraction of sp³-hybridized carbons (Fsp3) is 0.600. The minimum atomic E-state index is -1.60. The summed E-state index contributed by atoms with van der Waals surface area (Å²) in [6.45, 7) is 0.0969. The summed E-state index contributed by atoms with van der Waals surface area (Å²) in [6, 6.07) is 0. The summed E-state index contributed by atoms with van der Waals surface area (Å²) in [6.07, 6.45) is -1.32.